The number of carbonyl (C=O) groups excluding carboxylic acids is 1. The molecule has 22 heavy (non-hydrogen) atoms. The van der Waals surface area contributed by atoms with E-state index in [1.165, 1.54) is 5.75 Å². The number of nitrogens with zero attached hydrogens (tertiary/aromatic N) is 1. The van der Waals surface area contributed by atoms with Crippen LogP contribution in [0, 0.1) is 0 Å². The van der Waals surface area contributed by atoms with Gasteiger partial charge in [-0.15, -0.1) is 6.58 Å². The minimum absolute atomic E-state index is 0.0572. The van der Waals surface area contributed by atoms with Crippen LogP contribution in [-0.4, -0.2) is 66.9 Å². The van der Waals surface area contributed by atoms with Crippen molar-refractivity contribution in [2.24, 2.45) is 0 Å². The molecule has 0 spiro atoms. The number of ether oxygens (including phenoxy) is 1. The van der Waals surface area contributed by atoms with E-state index in [2.05, 4.69) is 29.0 Å². The molecule has 2 aliphatic rings. The lowest BCUT2D eigenvalue weighted by molar-refractivity contribution is -0.0124. The molecular formula is C16H29N3O2S. The Labute approximate surface area is 138 Å². The zero-order valence-corrected chi connectivity index (χ0v) is 14.4. The van der Waals surface area contributed by atoms with E-state index in [0.717, 1.165) is 57.9 Å². The van der Waals surface area contributed by atoms with Crippen molar-refractivity contribution < 1.29 is 9.53 Å². The van der Waals surface area contributed by atoms with Gasteiger partial charge in [0.1, 0.15) is 0 Å². The molecule has 2 atom stereocenters. The fourth-order valence-corrected chi connectivity index (χ4v) is 4.62. The molecule has 2 fully saturated rings. The Hall–Kier alpha value is -0.720. The molecule has 0 aromatic carbocycles. The molecule has 6 heteroatoms. The molecule has 0 radical (unpaired) electrons. The van der Waals surface area contributed by atoms with Gasteiger partial charge in [0.05, 0.1) is 13.2 Å². The van der Waals surface area contributed by atoms with Gasteiger partial charge in [-0.05, 0) is 25.0 Å². The van der Waals surface area contributed by atoms with Crippen molar-refractivity contribution in [1.29, 1.82) is 0 Å². The highest BCUT2D eigenvalue weighted by atomic mass is 32.2. The van der Waals surface area contributed by atoms with Crippen LogP contribution in [0.15, 0.2) is 12.7 Å². The first-order valence-corrected chi connectivity index (χ1v) is 9.41. The maximum Gasteiger partial charge on any atom is 0.315 e. The van der Waals surface area contributed by atoms with Crippen LogP contribution in [0.1, 0.15) is 26.2 Å². The molecule has 0 aliphatic carbocycles. The van der Waals surface area contributed by atoms with Crippen LogP contribution in [0.3, 0.4) is 0 Å². The Kier molecular flexibility index (Phi) is 7.05. The number of thioether (sulfide) groups is 1. The van der Waals surface area contributed by atoms with E-state index < -0.39 is 0 Å². The summed E-state index contributed by atoms with van der Waals surface area (Å²) in [5, 5.41) is 6.15. The predicted molar refractivity (Wildman–Crippen MR) is 92.5 cm³/mol. The number of morpholine rings is 1. The number of hydrogen-bond acceptors (Lipinski definition) is 4. The van der Waals surface area contributed by atoms with Crippen molar-refractivity contribution in [3.63, 3.8) is 0 Å². The van der Waals surface area contributed by atoms with Gasteiger partial charge in [-0.1, -0.05) is 13.0 Å². The fourth-order valence-electron chi connectivity index (χ4n) is 3.14. The summed E-state index contributed by atoms with van der Waals surface area (Å²) in [4.78, 5) is 14.7. The Morgan fingerprint density at radius 1 is 1.50 bits per heavy atom. The molecule has 2 rings (SSSR count). The van der Waals surface area contributed by atoms with Gasteiger partial charge in [-0.3, -0.25) is 4.90 Å². The molecule has 2 aliphatic heterocycles. The summed E-state index contributed by atoms with van der Waals surface area (Å²) in [7, 11) is 0. The van der Waals surface area contributed by atoms with Gasteiger partial charge in [0.25, 0.3) is 0 Å². The predicted octanol–water partition coefficient (Wildman–Crippen LogP) is 1.85. The molecule has 0 saturated carbocycles. The third kappa shape index (κ3) is 4.64. The number of rotatable bonds is 7. The molecule has 126 valence electrons. The standard InChI is InChI=1S/C16H29N3O2S/c1-3-5-14(4-2)18-15(20)17-12-16(6-11-22-13-16)19-7-9-21-10-8-19/h3,14H,1,4-13H2,2H3,(H2,17,18,20)/t14-,16+/m0/s1. The second-order valence-electron chi connectivity index (χ2n) is 6.08. The number of urea groups is 1. The van der Waals surface area contributed by atoms with Gasteiger partial charge in [-0.2, -0.15) is 11.8 Å². The van der Waals surface area contributed by atoms with E-state index in [4.69, 9.17) is 4.74 Å². The molecule has 0 aromatic heterocycles. The van der Waals surface area contributed by atoms with Crippen LogP contribution in [0.4, 0.5) is 4.79 Å². The number of hydrogen-bond donors (Lipinski definition) is 2. The quantitative estimate of drug-likeness (QED) is 0.701. The lowest BCUT2D eigenvalue weighted by Gasteiger charge is -2.43. The summed E-state index contributed by atoms with van der Waals surface area (Å²) < 4.78 is 5.47. The van der Waals surface area contributed by atoms with Crippen LogP contribution in [0.25, 0.3) is 0 Å². The lowest BCUT2D eigenvalue weighted by atomic mass is 9.95. The molecule has 2 amide bonds. The summed E-state index contributed by atoms with van der Waals surface area (Å²) in [6.07, 6.45) is 4.73. The summed E-state index contributed by atoms with van der Waals surface area (Å²) in [6.45, 7) is 10.1. The summed E-state index contributed by atoms with van der Waals surface area (Å²) in [6, 6.07) is 0.119. The molecule has 0 bridgehead atoms. The average molecular weight is 327 g/mol. The van der Waals surface area contributed by atoms with E-state index in [-0.39, 0.29) is 17.6 Å². The molecular weight excluding hydrogens is 298 g/mol. The maximum atomic E-state index is 12.2. The van der Waals surface area contributed by atoms with Crippen LogP contribution >= 0.6 is 11.8 Å². The van der Waals surface area contributed by atoms with Gasteiger partial charge in [0.2, 0.25) is 0 Å². The number of amides is 2. The van der Waals surface area contributed by atoms with E-state index in [1.54, 1.807) is 0 Å². The third-order valence-corrected chi connectivity index (χ3v) is 5.86. The highest BCUT2D eigenvalue weighted by molar-refractivity contribution is 7.99. The number of carbonyl (C=O) groups is 1. The van der Waals surface area contributed by atoms with Gasteiger partial charge < -0.3 is 15.4 Å². The molecule has 0 unspecified atom stereocenters. The largest absolute Gasteiger partial charge is 0.379 e. The molecule has 5 nitrogen and oxygen atoms in total. The van der Waals surface area contributed by atoms with Gasteiger partial charge in [0, 0.05) is 37.0 Å². The topological polar surface area (TPSA) is 53.6 Å². The first-order valence-electron chi connectivity index (χ1n) is 8.26. The van der Waals surface area contributed by atoms with Crippen LogP contribution < -0.4 is 10.6 Å². The van der Waals surface area contributed by atoms with Crippen LogP contribution in [-0.2, 0) is 4.74 Å². The Bertz CT molecular complexity index is 366. The van der Waals surface area contributed by atoms with Crippen molar-refractivity contribution in [3.8, 4) is 0 Å². The maximum absolute atomic E-state index is 12.2. The first-order chi connectivity index (χ1) is 10.7. The minimum atomic E-state index is -0.0572. The van der Waals surface area contributed by atoms with Crippen molar-refractivity contribution in [2.75, 3.05) is 44.4 Å². The van der Waals surface area contributed by atoms with Crippen molar-refractivity contribution >= 4 is 17.8 Å². The molecule has 2 saturated heterocycles. The van der Waals surface area contributed by atoms with Gasteiger partial charge >= 0.3 is 6.03 Å². The highest BCUT2D eigenvalue weighted by Crippen LogP contribution is 2.33. The summed E-state index contributed by atoms with van der Waals surface area (Å²) in [5.74, 6) is 2.27. The van der Waals surface area contributed by atoms with Crippen LogP contribution in [0.2, 0.25) is 0 Å². The zero-order chi connectivity index (χ0) is 15.8. The SMILES string of the molecule is C=CC[C@H](CC)NC(=O)NC[C@]1(N2CCOCC2)CCSC1. The van der Waals surface area contributed by atoms with E-state index >= 15 is 0 Å². The Morgan fingerprint density at radius 3 is 2.86 bits per heavy atom. The average Bonchev–Trinajstić information content (AvgIpc) is 3.03. The van der Waals surface area contributed by atoms with E-state index in [1.807, 2.05) is 17.8 Å². The minimum Gasteiger partial charge on any atom is -0.379 e. The van der Waals surface area contributed by atoms with Gasteiger partial charge in [0.15, 0.2) is 0 Å². The Balaban J connectivity index is 1.86. The van der Waals surface area contributed by atoms with E-state index in [9.17, 15) is 4.79 Å². The Morgan fingerprint density at radius 2 is 2.27 bits per heavy atom. The van der Waals surface area contributed by atoms with E-state index in [0.29, 0.717) is 0 Å². The lowest BCUT2D eigenvalue weighted by Crippen LogP contribution is -2.60. The smallest absolute Gasteiger partial charge is 0.315 e. The molecule has 2 heterocycles. The van der Waals surface area contributed by atoms with Gasteiger partial charge in [-0.25, -0.2) is 4.79 Å². The monoisotopic (exact) mass is 327 g/mol. The first kappa shape index (κ1) is 17.6. The zero-order valence-electron chi connectivity index (χ0n) is 13.6. The fraction of sp³-hybridized carbons (Fsp3) is 0.812. The summed E-state index contributed by atoms with van der Waals surface area (Å²) >= 11 is 1.99. The second kappa shape index (κ2) is 8.79. The van der Waals surface area contributed by atoms with Crippen molar-refractivity contribution in [1.82, 2.24) is 15.5 Å². The van der Waals surface area contributed by atoms with Crippen molar-refractivity contribution in [3.05, 3.63) is 12.7 Å². The highest BCUT2D eigenvalue weighted by Gasteiger charge is 2.40. The normalized spacial score (nSPS) is 27.3. The van der Waals surface area contributed by atoms with Crippen LogP contribution in [0.5, 0.6) is 0 Å². The molecule has 0 aromatic rings. The second-order valence-corrected chi connectivity index (χ2v) is 7.19. The third-order valence-electron chi connectivity index (χ3n) is 4.62. The summed E-state index contributed by atoms with van der Waals surface area (Å²) in [5.41, 5.74) is 0.103. The number of nitrogens with one attached hydrogen (secondary N) is 2. The molecule has 2 N–H and O–H groups in total. The van der Waals surface area contributed by atoms with Crippen molar-refractivity contribution in [2.45, 2.75) is 37.8 Å².